The topological polar surface area (TPSA) is 8.88 Å². The second kappa shape index (κ2) is 8.01. The molecule has 2 heteroatoms. The van der Waals surface area contributed by atoms with E-state index in [1.54, 1.807) is 5.56 Å². The second-order valence-corrected chi connectivity index (χ2v) is 8.61. The molecule has 0 amide bonds. The Morgan fingerprint density at radius 2 is 1.12 bits per heavy atom. The normalized spacial score (nSPS) is 35.7. The molecule has 0 unspecified atom stereocenters. The van der Waals surface area contributed by atoms with Gasteiger partial charge in [-0.1, -0.05) is 36.8 Å². The molecule has 1 aromatic rings. The van der Waals surface area contributed by atoms with Crippen molar-refractivity contribution in [2.45, 2.75) is 75.8 Å². The molecule has 0 bridgehead atoms. The third-order valence-electron chi connectivity index (χ3n) is 7.29. The van der Waals surface area contributed by atoms with Crippen LogP contribution in [0.4, 0.5) is 0 Å². The van der Waals surface area contributed by atoms with E-state index in [4.69, 9.17) is 0 Å². The highest BCUT2D eigenvalue weighted by molar-refractivity contribution is 5.19. The van der Waals surface area contributed by atoms with Gasteiger partial charge in [0, 0.05) is 0 Å². The second-order valence-electron chi connectivity index (χ2n) is 8.61. The number of hydrogen-bond acceptors (Lipinski definition) is 0. The minimum absolute atomic E-state index is 0.830. The predicted octanol–water partition coefficient (Wildman–Crippen LogP) is 1.83. The van der Waals surface area contributed by atoms with Gasteiger partial charge in [-0.25, -0.2) is 0 Å². The molecule has 3 fully saturated rings. The van der Waals surface area contributed by atoms with Gasteiger partial charge in [-0.2, -0.15) is 0 Å². The zero-order chi connectivity index (χ0) is 16.2. The monoisotopic (exact) mass is 328 g/mol. The molecule has 0 atom stereocenters. The van der Waals surface area contributed by atoms with E-state index in [1.165, 1.54) is 84.0 Å². The Kier molecular flexibility index (Phi) is 5.54. The van der Waals surface area contributed by atoms with Crippen molar-refractivity contribution in [2.75, 3.05) is 26.2 Å². The fraction of sp³-hybridized carbons (Fsp3) is 0.727. The van der Waals surface area contributed by atoms with Crippen molar-refractivity contribution < 1.29 is 9.80 Å². The summed E-state index contributed by atoms with van der Waals surface area (Å²) in [5.41, 5.74) is 1.58. The third kappa shape index (κ3) is 3.86. The molecular weight excluding hydrogens is 292 g/mol. The van der Waals surface area contributed by atoms with E-state index in [9.17, 15) is 0 Å². The van der Waals surface area contributed by atoms with E-state index in [-0.39, 0.29) is 0 Å². The molecule has 2 N–H and O–H groups in total. The fourth-order valence-corrected chi connectivity index (χ4v) is 5.78. The summed E-state index contributed by atoms with van der Waals surface area (Å²) in [5, 5.41) is 0. The van der Waals surface area contributed by atoms with Crippen LogP contribution in [0.3, 0.4) is 0 Å². The van der Waals surface area contributed by atoms with E-state index in [1.807, 2.05) is 9.80 Å². The first-order valence-electron chi connectivity index (χ1n) is 10.6. The highest BCUT2D eigenvalue weighted by atomic mass is 15.3. The van der Waals surface area contributed by atoms with Crippen molar-refractivity contribution in [2.24, 2.45) is 0 Å². The highest BCUT2D eigenvalue weighted by Gasteiger charge is 2.35. The molecule has 2 saturated carbocycles. The number of quaternary nitrogens is 2. The average molecular weight is 329 g/mol. The molecule has 3 aliphatic rings. The Morgan fingerprint density at radius 1 is 0.583 bits per heavy atom. The van der Waals surface area contributed by atoms with Crippen LogP contribution in [0.2, 0.25) is 0 Å². The lowest BCUT2D eigenvalue weighted by atomic mass is 9.81. The molecule has 1 aromatic carbocycles. The Hall–Kier alpha value is -0.860. The Morgan fingerprint density at radius 3 is 1.71 bits per heavy atom. The number of rotatable bonds is 3. The van der Waals surface area contributed by atoms with Crippen LogP contribution in [0.15, 0.2) is 30.3 Å². The predicted molar refractivity (Wildman–Crippen MR) is 99.7 cm³/mol. The molecule has 2 aliphatic carbocycles. The number of nitrogens with one attached hydrogen (secondary N) is 2. The van der Waals surface area contributed by atoms with Crippen LogP contribution < -0.4 is 9.80 Å². The average Bonchev–Trinajstić information content (AvgIpc) is 2.70. The third-order valence-corrected chi connectivity index (χ3v) is 7.29. The zero-order valence-corrected chi connectivity index (χ0v) is 15.3. The standard InChI is InChI=1S/C22H34N2/c1-3-7-19(8-4-1)20-11-13-22(14-12-20)24-17-15-23(16-18-24)21-9-5-2-6-10-21/h1,3-4,7-8,20-22H,2,5-6,9-18H2/p+2. The molecule has 132 valence electrons. The minimum atomic E-state index is 0.830. The van der Waals surface area contributed by atoms with Crippen LogP contribution in [0.25, 0.3) is 0 Å². The van der Waals surface area contributed by atoms with Gasteiger partial charge in [0.1, 0.15) is 26.2 Å². The van der Waals surface area contributed by atoms with Gasteiger partial charge in [0.15, 0.2) is 0 Å². The van der Waals surface area contributed by atoms with Gasteiger partial charge >= 0.3 is 0 Å². The quantitative estimate of drug-likeness (QED) is 0.838. The van der Waals surface area contributed by atoms with Gasteiger partial charge in [-0.15, -0.1) is 0 Å². The number of benzene rings is 1. The molecule has 24 heavy (non-hydrogen) atoms. The molecule has 1 aliphatic heterocycles. The summed E-state index contributed by atoms with van der Waals surface area (Å²) in [7, 11) is 0. The summed E-state index contributed by atoms with van der Waals surface area (Å²) < 4.78 is 0. The van der Waals surface area contributed by atoms with Gasteiger partial charge in [0.2, 0.25) is 0 Å². The highest BCUT2D eigenvalue weighted by Crippen LogP contribution is 2.31. The molecule has 0 aromatic heterocycles. The number of piperazine rings is 1. The van der Waals surface area contributed by atoms with Crippen LogP contribution in [-0.2, 0) is 0 Å². The van der Waals surface area contributed by atoms with Gasteiger partial charge in [0.25, 0.3) is 0 Å². The molecule has 1 saturated heterocycles. The maximum Gasteiger partial charge on any atom is 0.127 e. The first kappa shape index (κ1) is 16.6. The SMILES string of the molecule is c1ccc(C2CCC([NH+]3CC[NH+](C4CCCCC4)CC3)CC2)cc1. The van der Waals surface area contributed by atoms with Gasteiger partial charge < -0.3 is 9.80 Å². The van der Waals surface area contributed by atoms with Crippen molar-refractivity contribution in [1.82, 2.24) is 0 Å². The van der Waals surface area contributed by atoms with Crippen molar-refractivity contribution >= 4 is 0 Å². The largest absolute Gasteiger partial charge is 0.323 e. The van der Waals surface area contributed by atoms with Crippen molar-refractivity contribution in [3.05, 3.63) is 35.9 Å². The van der Waals surface area contributed by atoms with E-state index < -0.39 is 0 Å². The number of hydrogen-bond donors (Lipinski definition) is 2. The van der Waals surface area contributed by atoms with Crippen LogP contribution in [0.1, 0.15) is 69.3 Å². The Bertz CT molecular complexity index is 478. The maximum absolute atomic E-state index is 2.34. The van der Waals surface area contributed by atoms with Crippen LogP contribution in [-0.4, -0.2) is 38.3 Å². The first-order chi connectivity index (χ1) is 11.9. The van der Waals surface area contributed by atoms with Crippen molar-refractivity contribution in [1.29, 1.82) is 0 Å². The zero-order valence-electron chi connectivity index (χ0n) is 15.3. The fourth-order valence-electron chi connectivity index (χ4n) is 5.78. The lowest BCUT2D eigenvalue weighted by Crippen LogP contribution is -3.31. The van der Waals surface area contributed by atoms with Crippen LogP contribution in [0, 0.1) is 0 Å². The van der Waals surface area contributed by atoms with Crippen molar-refractivity contribution in [3.63, 3.8) is 0 Å². The molecule has 0 radical (unpaired) electrons. The summed E-state index contributed by atoms with van der Waals surface area (Å²) >= 11 is 0. The van der Waals surface area contributed by atoms with Crippen molar-refractivity contribution in [3.8, 4) is 0 Å². The van der Waals surface area contributed by atoms with E-state index in [0.29, 0.717) is 0 Å². The molecule has 4 rings (SSSR count). The molecule has 0 spiro atoms. The van der Waals surface area contributed by atoms with Crippen LogP contribution >= 0.6 is 0 Å². The van der Waals surface area contributed by atoms with E-state index >= 15 is 0 Å². The minimum Gasteiger partial charge on any atom is -0.323 e. The van der Waals surface area contributed by atoms with E-state index in [2.05, 4.69) is 30.3 Å². The molecular formula is C22H36N2+2. The summed E-state index contributed by atoms with van der Waals surface area (Å²) in [6, 6.07) is 13.2. The van der Waals surface area contributed by atoms with E-state index in [0.717, 1.165) is 18.0 Å². The van der Waals surface area contributed by atoms with Gasteiger partial charge in [-0.3, -0.25) is 0 Å². The maximum atomic E-state index is 2.34. The summed E-state index contributed by atoms with van der Waals surface area (Å²) in [6.07, 6.45) is 13.2. The lowest BCUT2D eigenvalue weighted by molar-refractivity contribution is -1.03. The summed E-state index contributed by atoms with van der Waals surface area (Å²) in [6.45, 7) is 5.76. The smallest absolute Gasteiger partial charge is 0.127 e. The van der Waals surface area contributed by atoms with Gasteiger partial charge in [0.05, 0.1) is 12.1 Å². The Labute approximate surface area is 148 Å². The van der Waals surface area contributed by atoms with Gasteiger partial charge in [-0.05, 0) is 62.8 Å². The molecule has 1 heterocycles. The molecule has 2 nitrogen and oxygen atoms in total. The lowest BCUT2D eigenvalue weighted by Gasteiger charge is -2.40. The summed E-state index contributed by atoms with van der Waals surface area (Å²) in [4.78, 5) is 3.90. The van der Waals surface area contributed by atoms with Crippen LogP contribution in [0.5, 0.6) is 0 Å². The Balaban J connectivity index is 1.24. The first-order valence-corrected chi connectivity index (χ1v) is 10.6. The summed E-state index contributed by atoms with van der Waals surface area (Å²) in [5.74, 6) is 0.830.